The quantitative estimate of drug-likeness (QED) is 0.0707. The van der Waals surface area contributed by atoms with Crippen LogP contribution in [0, 0.1) is 40.4 Å². The molecule has 1 amide bonds. The molecule has 3 saturated carbocycles. The lowest BCUT2D eigenvalue weighted by molar-refractivity contribution is -0.151. The number of hydrogen-bond donors (Lipinski definition) is 2. The van der Waals surface area contributed by atoms with E-state index in [1.54, 1.807) is 5.57 Å². The van der Waals surface area contributed by atoms with Crippen LogP contribution in [0.1, 0.15) is 183 Å². The third-order valence-corrected chi connectivity index (χ3v) is 14.2. The molecular formula is C44H79N3O3. The van der Waals surface area contributed by atoms with Crippen molar-refractivity contribution in [3.8, 4) is 0 Å². The zero-order valence-corrected chi connectivity index (χ0v) is 33.5. The van der Waals surface area contributed by atoms with E-state index in [0.717, 1.165) is 81.1 Å². The Morgan fingerprint density at radius 2 is 1.52 bits per heavy atom. The average Bonchev–Trinajstić information content (AvgIpc) is 3.39. The van der Waals surface area contributed by atoms with Gasteiger partial charge in [-0.05, 0) is 131 Å². The largest absolute Gasteiger partial charge is 0.462 e. The Balaban J connectivity index is 1.20. The van der Waals surface area contributed by atoms with E-state index < -0.39 is 0 Å². The normalized spacial score (nSPS) is 31.7. The van der Waals surface area contributed by atoms with Gasteiger partial charge in [-0.3, -0.25) is 9.59 Å². The van der Waals surface area contributed by atoms with Gasteiger partial charge in [0.05, 0.1) is 0 Å². The van der Waals surface area contributed by atoms with E-state index in [1.165, 1.54) is 77.0 Å². The van der Waals surface area contributed by atoms with Crippen molar-refractivity contribution in [3.63, 3.8) is 0 Å². The first-order valence-electron chi connectivity index (χ1n) is 21.5. The van der Waals surface area contributed by atoms with Gasteiger partial charge in [0.1, 0.15) is 6.10 Å². The molecule has 0 aliphatic heterocycles. The molecule has 50 heavy (non-hydrogen) atoms. The summed E-state index contributed by atoms with van der Waals surface area (Å²) < 4.78 is 6.10. The van der Waals surface area contributed by atoms with Gasteiger partial charge in [-0.2, -0.15) is 0 Å². The number of carbonyl (C=O) groups is 2. The van der Waals surface area contributed by atoms with Crippen molar-refractivity contribution in [1.82, 2.24) is 4.90 Å². The van der Waals surface area contributed by atoms with Crippen LogP contribution in [0.4, 0.5) is 0 Å². The summed E-state index contributed by atoms with van der Waals surface area (Å²) in [6, 6.07) is 0.353. The predicted octanol–water partition coefficient (Wildman–Crippen LogP) is 10.1. The number of fused-ring (bicyclic) bond motifs is 5. The molecule has 6 heteroatoms. The Labute approximate surface area is 308 Å². The van der Waals surface area contributed by atoms with Crippen LogP contribution in [0.15, 0.2) is 11.6 Å². The third-order valence-electron chi connectivity index (χ3n) is 14.2. The van der Waals surface area contributed by atoms with Gasteiger partial charge < -0.3 is 21.1 Å². The maximum Gasteiger partial charge on any atom is 0.306 e. The lowest BCUT2D eigenvalue weighted by atomic mass is 9.47. The van der Waals surface area contributed by atoms with E-state index in [4.69, 9.17) is 16.2 Å². The summed E-state index contributed by atoms with van der Waals surface area (Å²) in [5.41, 5.74) is 14.3. The number of carbonyl (C=O) groups excluding carboxylic acids is 2. The Bertz CT molecular complexity index is 1090. The molecule has 0 radical (unpaired) electrons. The van der Waals surface area contributed by atoms with Gasteiger partial charge in [0, 0.05) is 44.4 Å². The van der Waals surface area contributed by atoms with Gasteiger partial charge in [-0.25, -0.2) is 0 Å². The summed E-state index contributed by atoms with van der Waals surface area (Å²) in [5, 5.41) is 0. The molecule has 4 N–H and O–H groups in total. The summed E-state index contributed by atoms with van der Waals surface area (Å²) >= 11 is 0. The fraction of sp³-hybridized carbons (Fsp3) is 0.909. The first-order chi connectivity index (χ1) is 23.8. The Kier molecular flexibility index (Phi) is 16.2. The van der Waals surface area contributed by atoms with Gasteiger partial charge in [-0.15, -0.1) is 0 Å². The molecule has 0 aromatic rings. The highest BCUT2D eigenvalue weighted by Gasteiger charge is 2.58. The number of allylic oxidation sites excluding steroid dienone is 1. The summed E-state index contributed by atoms with van der Waals surface area (Å²) in [5.74, 6) is 4.27. The maximum absolute atomic E-state index is 13.2. The molecule has 3 fully saturated rings. The second-order valence-corrected chi connectivity index (χ2v) is 18.6. The van der Waals surface area contributed by atoms with Crippen LogP contribution in [0.2, 0.25) is 0 Å². The van der Waals surface area contributed by atoms with Crippen molar-refractivity contribution < 1.29 is 14.3 Å². The van der Waals surface area contributed by atoms with Crippen molar-refractivity contribution in [3.05, 3.63) is 11.6 Å². The average molecular weight is 698 g/mol. The van der Waals surface area contributed by atoms with Crippen LogP contribution >= 0.6 is 0 Å². The van der Waals surface area contributed by atoms with Crippen molar-refractivity contribution >= 4 is 11.9 Å². The molecule has 9 unspecified atom stereocenters. The van der Waals surface area contributed by atoms with E-state index in [1.807, 2.05) is 11.8 Å². The molecule has 4 aliphatic rings. The molecule has 6 nitrogen and oxygen atoms in total. The number of rotatable bonds is 21. The minimum Gasteiger partial charge on any atom is -0.462 e. The monoisotopic (exact) mass is 698 g/mol. The second kappa shape index (κ2) is 19.6. The topological polar surface area (TPSA) is 98.7 Å². The molecule has 0 aromatic heterocycles. The van der Waals surface area contributed by atoms with Crippen LogP contribution in [0.3, 0.4) is 0 Å². The lowest BCUT2D eigenvalue weighted by Gasteiger charge is -2.58. The number of nitrogens with zero attached hydrogens (tertiary/aromatic N) is 1. The zero-order valence-electron chi connectivity index (χ0n) is 33.5. The fourth-order valence-corrected chi connectivity index (χ4v) is 11.1. The Morgan fingerprint density at radius 3 is 2.26 bits per heavy atom. The minimum absolute atomic E-state index is 0.0137. The van der Waals surface area contributed by atoms with Gasteiger partial charge >= 0.3 is 5.97 Å². The van der Waals surface area contributed by atoms with Crippen molar-refractivity contribution in [1.29, 1.82) is 0 Å². The molecule has 0 heterocycles. The third kappa shape index (κ3) is 11.3. The van der Waals surface area contributed by atoms with Gasteiger partial charge in [0.15, 0.2) is 0 Å². The van der Waals surface area contributed by atoms with Crippen molar-refractivity contribution in [2.45, 2.75) is 201 Å². The zero-order chi connectivity index (χ0) is 36.3. The van der Waals surface area contributed by atoms with E-state index >= 15 is 0 Å². The molecule has 4 aliphatic carbocycles. The van der Waals surface area contributed by atoms with Gasteiger partial charge in [0.2, 0.25) is 5.91 Å². The molecule has 0 spiro atoms. The summed E-state index contributed by atoms with van der Waals surface area (Å²) in [7, 11) is 0. The Morgan fingerprint density at radius 1 is 0.800 bits per heavy atom. The van der Waals surface area contributed by atoms with E-state index in [-0.39, 0.29) is 35.5 Å². The maximum atomic E-state index is 13.2. The van der Waals surface area contributed by atoms with E-state index in [9.17, 15) is 9.59 Å². The first-order valence-corrected chi connectivity index (χ1v) is 21.5. The van der Waals surface area contributed by atoms with Crippen LogP contribution in [-0.4, -0.2) is 48.1 Å². The Hall–Kier alpha value is -1.40. The van der Waals surface area contributed by atoms with Crippen molar-refractivity contribution in [2.24, 2.45) is 51.9 Å². The van der Waals surface area contributed by atoms with Crippen molar-refractivity contribution in [2.75, 3.05) is 13.1 Å². The highest BCUT2D eigenvalue weighted by atomic mass is 16.5. The molecule has 4 rings (SSSR count). The number of unbranched alkanes of at least 4 members (excludes halogenated alkanes) is 5. The van der Waals surface area contributed by atoms with Gasteiger partial charge in [-0.1, -0.05) is 84.3 Å². The van der Waals surface area contributed by atoms with Crippen LogP contribution in [0.5, 0.6) is 0 Å². The molecule has 0 aromatic carbocycles. The van der Waals surface area contributed by atoms with E-state index in [0.29, 0.717) is 31.2 Å². The number of hydrogen-bond acceptors (Lipinski definition) is 5. The highest BCUT2D eigenvalue weighted by Crippen LogP contribution is 2.66. The standard InChI is InChI=1S/C44H79N3O3/c1-32(2)15-11-12-17-35-21-23-39-38-22-20-36-31-37(24-27-44(36,6)40(38)25-28-43(35,39)5)50-42(49)19-14-18-41(48)47(30-26-34(4)46)29-13-9-7-8-10-16-33(3)45/h20,32-35,37-40H,7-19,21-31,45-46H2,1-6H3. The number of nitrogens with two attached hydrogens (primary N) is 2. The highest BCUT2D eigenvalue weighted by molar-refractivity contribution is 5.77. The van der Waals surface area contributed by atoms with E-state index in [2.05, 4.69) is 40.7 Å². The van der Waals surface area contributed by atoms with Crippen LogP contribution in [0.25, 0.3) is 0 Å². The SMILES string of the molecule is CC(C)CCCCC1CCC2C3CC=C4CC(OC(=O)CCCC(=O)N(CCCCCCCC(C)N)CCC(C)N)CCC4(C)C3CCC12C. The molecule has 0 bridgehead atoms. The number of ether oxygens (including phenoxy) is 1. The molecule has 9 atom stereocenters. The summed E-state index contributed by atoms with van der Waals surface area (Å²) in [4.78, 5) is 28.2. The first kappa shape index (κ1) is 41.4. The second-order valence-electron chi connectivity index (χ2n) is 18.6. The number of amides is 1. The predicted molar refractivity (Wildman–Crippen MR) is 208 cm³/mol. The number of esters is 1. The minimum atomic E-state index is -0.131. The smallest absolute Gasteiger partial charge is 0.306 e. The van der Waals surface area contributed by atoms with Crippen LogP contribution in [-0.2, 0) is 14.3 Å². The van der Waals surface area contributed by atoms with Gasteiger partial charge in [0.25, 0.3) is 0 Å². The molecule has 288 valence electrons. The molecular weight excluding hydrogens is 619 g/mol. The summed E-state index contributed by atoms with van der Waals surface area (Å²) in [6.45, 7) is 15.5. The fourth-order valence-electron chi connectivity index (χ4n) is 11.1. The lowest BCUT2D eigenvalue weighted by Crippen LogP contribution is -2.50. The van der Waals surface area contributed by atoms with Crippen LogP contribution < -0.4 is 11.5 Å². The molecule has 0 saturated heterocycles. The summed E-state index contributed by atoms with van der Waals surface area (Å²) in [6.07, 6.45) is 27.0.